The van der Waals surface area contributed by atoms with Crippen LogP contribution in [0.1, 0.15) is 46.0 Å². The minimum Gasteiger partial charge on any atom is -0.393 e. The summed E-state index contributed by atoms with van der Waals surface area (Å²) in [6.45, 7) is 6.49. The highest BCUT2D eigenvalue weighted by Gasteiger charge is 2.19. The van der Waals surface area contributed by atoms with Crippen molar-refractivity contribution in [2.45, 2.75) is 52.1 Å². The highest BCUT2D eigenvalue weighted by atomic mass is 16.3. The smallest absolute Gasteiger partial charge is 0.0524 e. The van der Waals surface area contributed by atoms with Crippen LogP contribution in [0.2, 0.25) is 0 Å². The van der Waals surface area contributed by atoms with Gasteiger partial charge < -0.3 is 10.0 Å². The van der Waals surface area contributed by atoms with Crippen molar-refractivity contribution < 1.29 is 5.11 Å². The Hall–Kier alpha value is -0.0800. The molecule has 0 heterocycles. The van der Waals surface area contributed by atoms with Gasteiger partial charge in [0.25, 0.3) is 0 Å². The second-order valence-electron chi connectivity index (χ2n) is 5.53. The zero-order chi connectivity index (χ0) is 11.3. The van der Waals surface area contributed by atoms with Crippen molar-refractivity contribution in [3.05, 3.63) is 0 Å². The Morgan fingerprint density at radius 2 is 1.87 bits per heavy atom. The predicted octanol–water partition coefficient (Wildman–Crippen LogP) is 2.52. The first-order chi connectivity index (χ1) is 7.08. The maximum absolute atomic E-state index is 9.22. The molecule has 90 valence electrons. The van der Waals surface area contributed by atoms with Gasteiger partial charge in [0.1, 0.15) is 0 Å². The van der Waals surface area contributed by atoms with Gasteiger partial charge in [-0.2, -0.15) is 0 Å². The second-order valence-corrected chi connectivity index (χ2v) is 5.53. The molecular formula is C13H27NO. The first-order valence-electron chi connectivity index (χ1n) is 6.44. The number of aliphatic hydroxyl groups is 1. The average molecular weight is 213 g/mol. The predicted molar refractivity (Wildman–Crippen MR) is 64.9 cm³/mol. The molecule has 15 heavy (non-hydrogen) atoms. The summed E-state index contributed by atoms with van der Waals surface area (Å²) in [6, 6.07) is 0. The van der Waals surface area contributed by atoms with Crippen molar-refractivity contribution in [3.8, 4) is 0 Å². The molecule has 2 nitrogen and oxygen atoms in total. The van der Waals surface area contributed by atoms with Gasteiger partial charge in [-0.25, -0.2) is 0 Å². The van der Waals surface area contributed by atoms with Crippen molar-refractivity contribution in [1.82, 2.24) is 4.90 Å². The molecule has 0 bridgehead atoms. The van der Waals surface area contributed by atoms with Gasteiger partial charge in [0.15, 0.2) is 0 Å². The SMILES string of the molecule is CC(O)CCN(C)CC1CCC(C)CC1. The van der Waals surface area contributed by atoms with Gasteiger partial charge in [-0.15, -0.1) is 0 Å². The summed E-state index contributed by atoms with van der Waals surface area (Å²) in [7, 11) is 2.18. The molecule has 0 spiro atoms. The minimum atomic E-state index is -0.154. The zero-order valence-electron chi connectivity index (χ0n) is 10.6. The molecule has 0 aromatic heterocycles. The van der Waals surface area contributed by atoms with Crippen LogP contribution in [-0.4, -0.2) is 36.2 Å². The van der Waals surface area contributed by atoms with E-state index < -0.39 is 0 Å². The fourth-order valence-corrected chi connectivity index (χ4v) is 2.45. The summed E-state index contributed by atoms with van der Waals surface area (Å²) >= 11 is 0. The van der Waals surface area contributed by atoms with Crippen molar-refractivity contribution >= 4 is 0 Å². The maximum atomic E-state index is 9.22. The van der Waals surface area contributed by atoms with E-state index in [0.717, 1.165) is 24.8 Å². The van der Waals surface area contributed by atoms with Crippen LogP contribution in [0.15, 0.2) is 0 Å². The van der Waals surface area contributed by atoms with E-state index >= 15 is 0 Å². The van der Waals surface area contributed by atoms with E-state index in [4.69, 9.17) is 0 Å². The molecule has 1 N–H and O–H groups in total. The molecule has 1 unspecified atom stereocenters. The average Bonchev–Trinajstić information content (AvgIpc) is 2.19. The third kappa shape index (κ3) is 5.53. The van der Waals surface area contributed by atoms with Crippen LogP contribution in [-0.2, 0) is 0 Å². The van der Waals surface area contributed by atoms with Crippen LogP contribution in [0, 0.1) is 11.8 Å². The Kier molecular flexibility index (Phi) is 5.62. The third-order valence-corrected chi connectivity index (χ3v) is 3.63. The molecule has 0 amide bonds. The van der Waals surface area contributed by atoms with E-state index in [9.17, 15) is 5.11 Å². The van der Waals surface area contributed by atoms with Gasteiger partial charge in [-0.1, -0.05) is 19.8 Å². The first kappa shape index (κ1) is 13.0. The molecule has 1 saturated carbocycles. The molecule has 1 fully saturated rings. The van der Waals surface area contributed by atoms with Gasteiger partial charge in [0.2, 0.25) is 0 Å². The molecular weight excluding hydrogens is 186 g/mol. The van der Waals surface area contributed by atoms with Crippen LogP contribution < -0.4 is 0 Å². The minimum absolute atomic E-state index is 0.154. The van der Waals surface area contributed by atoms with Crippen LogP contribution in [0.25, 0.3) is 0 Å². The molecule has 1 atom stereocenters. The van der Waals surface area contributed by atoms with Crippen LogP contribution in [0.3, 0.4) is 0 Å². The van der Waals surface area contributed by atoms with Crippen LogP contribution in [0.4, 0.5) is 0 Å². The Balaban J connectivity index is 2.12. The summed E-state index contributed by atoms with van der Waals surface area (Å²) in [5.74, 6) is 1.85. The van der Waals surface area contributed by atoms with Crippen molar-refractivity contribution in [3.63, 3.8) is 0 Å². The largest absolute Gasteiger partial charge is 0.393 e. The molecule has 0 aromatic carbocycles. The lowest BCUT2D eigenvalue weighted by molar-refractivity contribution is 0.150. The first-order valence-corrected chi connectivity index (χ1v) is 6.44. The van der Waals surface area contributed by atoms with E-state index in [0.29, 0.717) is 0 Å². The topological polar surface area (TPSA) is 23.5 Å². The van der Waals surface area contributed by atoms with Gasteiger partial charge >= 0.3 is 0 Å². The van der Waals surface area contributed by atoms with Crippen molar-refractivity contribution in [1.29, 1.82) is 0 Å². The molecule has 1 aliphatic carbocycles. The maximum Gasteiger partial charge on any atom is 0.0524 e. The van der Waals surface area contributed by atoms with E-state index in [-0.39, 0.29) is 6.10 Å². The Morgan fingerprint density at radius 3 is 2.40 bits per heavy atom. The molecule has 1 rings (SSSR count). The molecule has 1 aliphatic rings. The number of rotatable bonds is 5. The fraction of sp³-hybridized carbons (Fsp3) is 1.00. The van der Waals surface area contributed by atoms with Gasteiger partial charge in [-0.05, 0) is 45.1 Å². The number of hydrogen-bond donors (Lipinski definition) is 1. The molecule has 0 saturated heterocycles. The van der Waals surface area contributed by atoms with Crippen LogP contribution in [0.5, 0.6) is 0 Å². The van der Waals surface area contributed by atoms with E-state index in [1.807, 2.05) is 6.92 Å². The monoisotopic (exact) mass is 213 g/mol. The molecule has 0 aliphatic heterocycles. The summed E-state index contributed by atoms with van der Waals surface area (Å²) in [6.07, 6.45) is 6.38. The molecule has 0 aromatic rings. The number of nitrogens with zero attached hydrogens (tertiary/aromatic N) is 1. The fourth-order valence-electron chi connectivity index (χ4n) is 2.45. The van der Waals surface area contributed by atoms with Crippen molar-refractivity contribution in [2.75, 3.05) is 20.1 Å². The van der Waals surface area contributed by atoms with Gasteiger partial charge in [0, 0.05) is 13.1 Å². The highest BCUT2D eigenvalue weighted by molar-refractivity contribution is 4.72. The Labute approximate surface area is 94.7 Å². The van der Waals surface area contributed by atoms with Crippen LogP contribution >= 0.6 is 0 Å². The molecule has 0 radical (unpaired) electrons. The van der Waals surface area contributed by atoms with E-state index in [1.165, 1.54) is 32.2 Å². The number of aliphatic hydroxyl groups excluding tert-OH is 1. The highest BCUT2D eigenvalue weighted by Crippen LogP contribution is 2.28. The Morgan fingerprint density at radius 1 is 1.27 bits per heavy atom. The summed E-state index contributed by atoms with van der Waals surface area (Å²) in [5.41, 5.74) is 0. The summed E-state index contributed by atoms with van der Waals surface area (Å²) < 4.78 is 0. The Bertz CT molecular complexity index is 162. The van der Waals surface area contributed by atoms with E-state index in [1.54, 1.807) is 0 Å². The normalized spacial score (nSPS) is 29.4. The van der Waals surface area contributed by atoms with Gasteiger partial charge in [0.05, 0.1) is 6.10 Å². The summed E-state index contributed by atoms with van der Waals surface area (Å²) in [4.78, 5) is 2.38. The van der Waals surface area contributed by atoms with Crippen molar-refractivity contribution in [2.24, 2.45) is 11.8 Å². The number of hydrogen-bond acceptors (Lipinski definition) is 2. The lowest BCUT2D eigenvalue weighted by Crippen LogP contribution is -2.30. The van der Waals surface area contributed by atoms with Gasteiger partial charge in [-0.3, -0.25) is 0 Å². The second kappa shape index (κ2) is 6.49. The third-order valence-electron chi connectivity index (χ3n) is 3.63. The summed E-state index contributed by atoms with van der Waals surface area (Å²) in [5, 5.41) is 9.22. The lowest BCUT2D eigenvalue weighted by atomic mass is 9.83. The molecule has 2 heteroatoms. The standard InChI is InChI=1S/C13H27NO/c1-11-4-6-13(7-5-11)10-14(3)9-8-12(2)15/h11-13,15H,4-10H2,1-3H3. The van der Waals surface area contributed by atoms with E-state index in [2.05, 4.69) is 18.9 Å². The zero-order valence-corrected chi connectivity index (χ0v) is 10.6. The quantitative estimate of drug-likeness (QED) is 0.758. The lowest BCUT2D eigenvalue weighted by Gasteiger charge is -2.29.